The van der Waals surface area contributed by atoms with E-state index >= 15 is 0 Å². The zero-order valence-electron chi connectivity index (χ0n) is 7.64. The van der Waals surface area contributed by atoms with Gasteiger partial charge in [-0.15, -0.1) is 0 Å². The number of aromatic hydroxyl groups is 1. The summed E-state index contributed by atoms with van der Waals surface area (Å²) in [6, 6.07) is 6.81. The Labute approximate surface area is 81.9 Å². The molecule has 2 rings (SSSR count). The first-order valence-electron chi connectivity index (χ1n) is 4.51. The van der Waals surface area contributed by atoms with Crippen LogP contribution in [0.15, 0.2) is 29.3 Å². The summed E-state index contributed by atoms with van der Waals surface area (Å²) >= 11 is 0. The molecule has 0 saturated heterocycles. The zero-order chi connectivity index (χ0) is 9.97. The van der Waals surface area contributed by atoms with Gasteiger partial charge in [-0.05, 0) is 24.3 Å². The summed E-state index contributed by atoms with van der Waals surface area (Å²) in [6.45, 7) is 0.961. The molecule has 1 aliphatic heterocycles. The van der Waals surface area contributed by atoms with Gasteiger partial charge in [0.15, 0.2) is 0 Å². The molecule has 74 valence electrons. The number of benzene rings is 1. The predicted octanol–water partition coefficient (Wildman–Crippen LogP) is 0.103. The molecule has 1 aromatic rings. The van der Waals surface area contributed by atoms with E-state index in [2.05, 4.69) is 10.3 Å². The van der Waals surface area contributed by atoms with Crippen molar-refractivity contribution in [3.05, 3.63) is 29.8 Å². The maximum Gasteiger partial charge on any atom is 0.128 e. The van der Waals surface area contributed by atoms with Crippen molar-refractivity contribution in [3.63, 3.8) is 0 Å². The van der Waals surface area contributed by atoms with E-state index in [1.165, 1.54) is 0 Å². The van der Waals surface area contributed by atoms with Gasteiger partial charge in [0.1, 0.15) is 11.6 Å². The van der Waals surface area contributed by atoms with Crippen LogP contribution in [0.1, 0.15) is 5.56 Å². The Morgan fingerprint density at radius 3 is 2.57 bits per heavy atom. The molecule has 1 atom stereocenters. The second-order valence-corrected chi connectivity index (χ2v) is 3.27. The van der Waals surface area contributed by atoms with Crippen molar-refractivity contribution in [1.29, 1.82) is 0 Å². The van der Waals surface area contributed by atoms with Crippen LogP contribution >= 0.6 is 0 Å². The SMILES string of the molecule is Oc1ccc(C2=NCC(O)CN2)cc1. The minimum atomic E-state index is -0.393. The van der Waals surface area contributed by atoms with Crippen LogP contribution in [0, 0.1) is 0 Å². The van der Waals surface area contributed by atoms with Crippen LogP contribution in [-0.4, -0.2) is 35.2 Å². The fourth-order valence-corrected chi connectivity index (χ4v) is 1.34. The molecule has 1 aromatic carbocycles. The summed E-state index contributed by atoms with van der Waals surface area (Å²) in [4.78, 5) is 4.18. The van der Waals surface area contributed by atoms with Crippen molar-refractivity contribution in [2.45, 2.75) is 6.10 Å². The number of nitrogens with zero attached hydrogens (tertiary/aromatic N) is 1. The number of aliphatic hydroxyl groups excluding tert-OH is 1. The number of nitrogens with one attached hydrogen (secondary N) is 1. The van der Waals surface area contributed by atoms with Gasteiger partial charge in [-0.3, -0.25) is 4.99 Å². The molecule has 1 heterocycles. The predicted molar refractivity (Wildman–Crippen MR) is 53.5 cm³/mol. The number of rotatable bonds is 1. The van der Waals surface area contributed by atoms with Crippen LogP contribution < -0.4 is 5.32 Å². The van der Waals surface area contributed by atoms with Crippen molar-refractivity contribution < 1.29 is 10.2 Å². The summed E-state index contributed by atoms with van der Waals surface area (Å²) in [6.07, 6.45) is -0.393. The van der Waals surface area contributed by atoms with Crippen molar-refractivity contribution in [2.24, 2.45) is 4.99 Å². The molecule has 3 N–H and O–H groups in total. The largest absolute Gasteiger partial charge is 0.508 e. The minimum Gasteiger partial charge on any atom is -0.508 e. The Hall–Kier alpha value is -1.55. The number of aliphatic imine (C=N–C) groups is 1. The number of amidine groups is 1. The van der Waals surface area contributed by atoms with Crippen molar-refractivity contribution in [2.75, 3.05) is 13.1 Å². The van der Waals surface area contributed by atoms with Crippen molar-refractivity contribution in [1.82, 2.24) is 5.32 Å². The fraction of sp³-hybridized carbons (Fsp3) is 0.300. The number of hydrogen-bond donors (Lipinski definition) is 3. The number of phenols is 1. The number of hydrogen-bond acceptors (Lipinski definition) is 4. The highest BCUT2D eigenvalue weighted by atomic mass is 16.3. The van der Waals surface area contributed by atoms with Crippen LogP contribution in [0.5, 0.6) is 5.75 Å². The average Bonchev–Trinajstić information content (AvgIpc) is 2.21. The minimum absolute atomic E-state index is 0.241. The first kappa shape index (κ1) is 9.02. The average molecular weight is 192 g/mol. The van der Waals surface area contributed by atoms with Crippen LogP contribution in [-0.2, 0) is 0 Å². The van der Waals surface area contributed by atoms with E-state index in [0.717, 1.165) is 11.4 Å². The topological polar surface area (TPSA) is 64.9 Å². The molecule has 0 aliphatic carbocycles. The zero-order valence-corrected chi connectivity index (χ0v) is 7.64. The van der Waals surface area contributed by atoms with E-state index in [1.807, 2.05) is 0 Å². The maximum absolute atomic E-state index is 9.21. The number of β-amino-alcohol motifs (C(OH)–C–C–N with tert-alkyl or cyclic N) is 1. The highest BCUT2D eigenvalue weighted by Gasteiger charge is 2.12. The molecule has 0 radical (unpaired) electrons. The fourth-order valence-electron chi connectivity index (χ4n) is 1.34. The Morgan fingerprint density at radius 2 is 2.00 bits per heavy atom. The lowest BCUT2D eigenvalue weighted by atomic mass is 10.1. The lowest BCUT2D eigenvalue weighted by Crippen LogP contribution is -2.39. The normalized spacial score (nSPS) is 21.2. The van der Waals surface area contributed by atoms with Gasteiger partial charge in [0.2, 0.25) is 0 Å². The molecule has 0 spiro atoms. The highest BCUT2D eigenvalue weighted by molar-refractivity contribution is 5.99. The molecule has 1 aliphatic rings. The standard InChI is InChI=1S/C10H12N2O2/c13-8-3-1-7(2-4-8)10-11-5-9(14)6-12-10/h1-4,9,13-14H,5-6H2,(H,11,12). The van der Waals surface area contributed by atoms with E-state index in [1.54, 1.807) is 24.3 Å². The van der Waals surface area contributed by atoms with E-state index in [0.29, 0.717) is 13.1 Å². The number of aliphatic hydroxyl groups is 1. The quantitative estimate of drug-likeness (QED) is 0.591. The summed E-state index contributed by atoms with van der Waals surface area (Å²) < 4.78 is 0. The van der Waals surface area contributed by atoms with Crippen molar-refractivity contribution >= 4 is 5.84 Å². The van der Waals surface area contributed by atoms with Gasteiger partial charge in [0.05, 0.1) is 12.6 Å². The lowest BCUT2D eigenvalue weighted by molar-refractivity contribution is 0.181. The van der Waals surface area contributed by atoms with E-state index < -0.39 is 6.10 Å². The molecule has 0 bridgehead atoms. The number of phenolic OH excluding ortho intramolecular Hbond substituents is 1. The van der Waals surface area contributed by atoms with Crippen LogP contribution in [0.4, 0.5) is 0 Å². The second kappa shape index (κ2) is 3.67. The molecule has 0 saturated carbocycles. The van der Waals surface area contributed by atoms with Gasteiger partial charge in [-0.1, -0.05) is 0 Å². The van der Waals surface area contributed by atoms with Crippen molar-refractivity contribution in [3.8, 4) is 5.75 Å². The monoisotopic (exact) mass is 192 g/mol. The van der Waals surface area contributed by atoms with Gasteiger partial charge >= 0.3 is 0 Å². The van der Waals surface area contributed by atoms with Gasteiger partial charge in [-0.25, -0.2) is 0 Å². The Bertz CT molecular complexity index is 346. The molecule has 0 amide bonds. The second-order valence-electron chi connectivity index (χ2n) is 3.27. The molecule has 0 fully saturated rings. The third-order valence-electron chi connectivity index (χ3n) is 2.11. The summed E-state index contributed by atoms with van der Waals surface area (Å²) in [5.74, 6) is 1.01. The first-order chi connectivity index (χ1) is 6.75. The summed E-state index contributed by atoms with van der Waals surface area (Å²) in [5, 5.41) is 21.3. The highest BCUT2D eigenvalue weighted by Crippen LogP contribution is 2.10. The van der Waals surface area contributed by atoms with E-state index in [9.17, 15) is 5.11 Å². The van der Waals surface area contributed by atoms with E-state index in [4.69, 9.17) is 5.11 Å². The lowest BCUT2D eigenvalue weighted by Gasteiger charge is -2.18. The van der Waals surface area contributed by atoms with Crippen LogP contribution in [0.25, 0.3) is 0 Å². The Balaban J connectivity index is 2.19. The molecule has 4 nitrogen and oxygen atoms in total. The first-order valence-corrected chi connectivity index (χ1v) is 4.51. The Kier molecular flexibility index (Phi) is 2.37. The molecular formula is C10H12N2O2. The summed E-state index contributed by atoms with van der Waals surface area (Å²) in [7, 11) is 0. The molecule has 1 unspecified atom stereocenters. The molecular weight excluding hydrogens is 180 g/mol. The van der Waals surface area contributed by atoms with Crippen LogP contribution in [0.3, 0.4) is 0 Å². The summed E-state index contributed by atoms with van der Waals surface area (Å²) in [5.41, 5.74) is 0.926. The van der Waals surface area contributed by atoms with Crippen LogP contribution in [0.2, 0.25) is 0 Å². The van der Waals surface area contributed by atoms with Gasteiger partial charge in [-0.2, -0.15) is 0 Å². The van der Waals surface area contributed by atoms with Gasteiger partial charge < -0.3 is 15.5 Å². The smallest absolute Gasteiger partial charge is 0.128 e. The Morgan fingerprint density at radius 1 is 1.29 bits per heavy atom. The third kappa shape index (κ3) is 1.85. The van der Waals surface area contributed by atoms with Gasteiger partial charge in [0.25, 0.3) is 0 Å². The third-order valence-corrected chi connectivity index (χ3v) is 2.11. The maximum atomic E-state index is 9.21. The molecule has 0 aromatic heterocycles. The van der Waals surface area contributed by atoms with E-state index in [-0.39, 0.29) is 5.75 Å². The molecule has 4 heteroatoms. The van der Waals surface area contributed by atoms with Gasteiger partial charge in [0, 0.05) is 12.1 Å². The molecule has 14 heavy (non-hydrogen) atoms.